The molecule has 2 heterocycles. The first-order chi connectivity index (χ1) is 9.25. The van der Waals surface area contributed by atoms with Crippen LogP contribution >= 0.6 is 0 Å². The molecule has 0 atom stereocenters. The zero-order valence-corrected chi connectivity index (χ0v) is 10.9. The zero-order chi connectivity index (χ0) is 13.2. The third-order valence-electron chi connectivity index (χ3n) is 3.63. The normalized spacial score (nSPS) is 16.7. The van der Waals surface area contributed by atoms with Crippen molar-refractivity contribution in [2.75, 3.05) is 18.9 Å². The summed E-state index contributed by atoms with van der Waals surface area (Å²) in [6.07, 6.45) is 1.91. The van der Waals surface area contributed by atoms with E-state index in [-0.39, 0.29) is 0 Å². The number of nitrogen functional groups attached to an aromatic ring is 1. The van der Waals surface area contributed by atoms with E-state index >= 15 is 0 Å². The summed E-state index contributed by atoms with van der Waals surface area (Å²) in [6.45, 7) is 3.50. The Bertz CT molecular complexity index is 574. The lowest BCUT2D eigenvalue weighted by atomic mass is 10.00. The minimum absolute atomic E-state index is 0.340. The number of nitrogens with two attached hydrogens (primary N) is 1. The van der Waals surface area contributed by atoms with Crippen LogP contribution in [0, 0.1) is 6.92 Å². The molecule has 0 bridgehead atoms. The molecule has 1 aliphatic rings. The molecule has 0 spiro atoms. The lowest BCUT2D eigenvalue weighted by molar-refractivity contribution is 0.0830. The van der Waals surface area contributed by atoms with Crippen LogP contribution in [0.2, 0.25) is 0 Å². The second-order valence-corrected chi connectivity index (χ2v) is 4.86. The highest BCUT2D eigenvalue weighted by molar-refractivity contribution is 5.66. The minimum atomic E-state index is 0.340. The van der Waals surface area contributed by atoms with Gasteiger partial charge in [-0.2, -0.15) is 4.98 Å². The molecule has 2 aromatic rings. The number of hydrogen-bond donors (Lipinski definition) is 1. The van der Waals surface area contributed by atoms with E-state index in [4.69, 9.17) is 15.0 Å². The number of hydrogen-bond acceptors (Lipinski definition) is 5. The molecule has 1 aromatic heterocycles. The molecule has 1 fully saturated rings. The maximum Gasteiger partial charge on any atom is 0.258 e. The third kappa shape index (κ3) is 2.33. The zero-order valence-electron chi connectivity index (χ0n) is 10.9. The van der Waals surface area contributed by atoms with Crippen LogP contribution in [0.25, 0.3) is 11.5 Å². The van der Waals surface area contributed by atoms with Gasteiger partial charge >= 0.3 is 0 Å². The summed E-state index contributed by atoms with van der Waals surface area (Å²) in [6, 6.07) is 5.72. The van der Waals surface area contributed by atoms with Crippen molar-refractivity contribution in [3.63, 3.8) is 0 Å². The second-order valence-electron chi connectivity index (χ2n) is 4.86. The molecule has 0 amide bonds. The van der Waals surface area contributed by atoms with Crippen molar-refractivity contribution >= 4 is 5.69 Å². The van der Waals surface area contributed by atoms with E-state index in [0.29, 0.717) is 11.8 Å². The Morgan fingerprint density at radius 1 is 1.26 bits per heavy atom. The predicted molar refractivity (Wildman–Crippen MR) is 71.7 cm³/mol. The Labute approximate surface area is 111 Å². The Balaban J connectivity index is 1.90. The van der Waals surface area contributed by atoms with E-state index in [9.17, 15) is 0 Å². The maximum atomic E-state index is 5.90. The molecule has 0 radical (unpaired) electrons. The van der Waals surface area contributed by atoms with Gasteiger partial charge in [-0.05, 0) is 37.5 Å². The first kappa shape index (κ1) is 12.2. The van der Waals surface area contributed by atoms with Gasteiger partial charge in [-0.1, -0.05) is 11.2 Å². The molecule has 100 valence electrons. The van der Waals surface area contributed by atoms with Gasteiger partial charge in [-0.15, -0.1) is 0 Å². The van der Waals surface area contributed by atoms with Gasteiger partial charge in [0.1, 0.15) is 0 Å². The van der Waals surface area contributed by atoms with Gasteiger partial charge < -0.3 is 15.0 Å². The number of ether oxygens (including phenoxy) is 1. The maximum absolute atomic E-state index is 5.90. The monoisotopic (exact) mass is 259 g/mol. The summed E-state index contributed by atoms with van der Waals surface area (Å²) in [5.41, 5.74) is 8.53. The van der Waals surface area contributed by atoms with Crippen LogP contribution in [0.3, 0.4) is 0 Å². The van der Waals surface area contributed by atoms with Gasteiger partial charge in [0.25, 0.3) is 5.89 Å². The standard InChI is InChI=1S/C14H17N3O2/c1-9-11(3-2-4-12(9)15)14-16-13(17-19-14)10-5-7-18-8-6-10/h2-4,10H,5-8,15H2,1H3. The lowest BCUT2D eigenvalue weighted by Gasteiger charge is -2.18. The highest BCUT2D eigenvalue weighted by Crippen LogP contribution is 2.29. The van der Waals surface area contributed by atoms with Crippen molar-refractivity contribution in [2.45, 2.75) is 25.7 Å². The van der Waals surface area contributed by atoms with E-state index in [1.807, 2.05) is 25.1 Å². The van der Waals surface area contributed by atoms with Crippen LogP contribution in [0.5, 0.6) is 0 Å². The Morgan fingerprint density at radius 3 is 2.84 bits per heavy atom. The molecular weight excluding hydrogens is 242 g/mol. The van der Waals surface area contributed by atoms with E-state index in [1.165, 1.54) is 0 Å². The predicted octanol–water partition coefficient (Wildman–Crippen LogP) is 2.52. The SMILES string of the molecule is Cc1c(N)cccc1-c1nc(C2CCOCC2)no1. The topological polar surface area (TPSA) is 74.2 Å². The summed E-state index contributed by atoms with van der Waals surface area (Å²) in [7, 11) is 0. The molecular formula is C14H17N3O2. The van der Waals surface area contributed by atoms with Crippen molar-refractivity contribution < 1.29 is 9.26 Å². The quantitative estimate of drug-likeness (QED) is 0.839. The highest BCUT2D eigenvalue weighted by atomic mass is 16.5. The summed E-state index contributed by atoms with van der Waals surface area (Å²) in [5, 5.41) is 4.10. The van der Waals surface area contributed by atoms with Gasteiger partial charge in [0.15, 0.2) is 5.82 Å². The first-order valence-corrected chi connectivity index (χ1v) is 6.52. The average molecular weight is 259 g/mol. The molecule has 0 unspecified atom stereocenters. The molecule has 1 saturated heterocycles. The van der Waals surface area contributed by atoms with E-state index in [0.717, 1.165) is 48.7 Å². The van der Waals surface area contributed by atoms with Crippen LogP contribution in [0.1, 0.15) is 30.1 Å². The number of nitrogens with zero attached hydrogens (tertiary/aromatic N) is 2. The van der Waals surface area contributed by atoms with Crippen molar-refractivity contribution in [3.05, 3.63) is 29.6 Å². The number of benzene rings is 1. The van der Waals surface area contributed by atoms with Crippen molar-refractivity contribution in [2.24, 2.45) is 0 Å². The highest BCUT2D eigenvalue weighted by Gasteiger charge is 2.22. The largest absolute Gasteiger partial charge is 0.398 e. The summed E-state index contributed by atoms with van der Waals surface area (Å²) < 4.78 is 10.7. The molecule has 1 aliphatic heterocycles. The summed E-state index contributed by atoms with van der Waals surface area (Å²) in [5.74, 6) is 1.67. The van der Waals surface area contributed by atoms with Crippen LogP contribution in [-0.4, -0.2) is 23.4 Å². The van der Waals surface area contributed by atoms with Gasteiger partial charge in [-0.25, -0.2) is 0 Å². The molecule has 2 N–H and O–H groups in total. The van der Waals surface area contributed by atoms with Gasteiger partial charge in [0.05, 0.1) is 0 Å². The van der Waals surface area contributed by atoms with E-state index in [2.05, 4.69) is 10.1 Å². The van der Waals surface area contributed by atoms with E-state index < -0.39 is 0 Å². The fourth-order valence-corrected chi connectivity index (χ4v) is 2.35. The van der Waals surface area contributed by atoms with Crippen LogP contribution in [0.15, 0.2) is 22.7 Å². The van der Waals surface area contributed by atoms with Crippen molar-refractivity contribution in [3.8, 4) is 11.5 Å². The molecule has 5 nitrogen and oxygen atoms in total. The van der Waals surface area contributed by atoms with Crippen LogP contribution in [-0.2, 0) is 4.74 Å². The minimum Gasteiger partial charge on any atom is -0.398 e. The Kier molecular flexibility index (Phi) is 3.21. The summed E-state index contributed by atoms with van der Waals surface area (Å²) >= 11 is 0. The smallest absolute Gasteiger partial charge is 0.258 e. The number of aromatic nitrogens is 2. The van der Waals surface area contributed by atoms with Gasteiger partial charge in [0.2, 0.25) is 0 Å². The third-order valence-corrected chi connectivity index (χ3v) is 3.63. The fraction of sp³-hybridized carbons (Fsp3) is 0.429. The molecule has 0 saturated carbocycles. The molecule has 5 heteroatoms. The van der Waals surface area contributed by atoms with Crippen LogP contribution in [0.4, 0.5) is 5.69 Å². The fourth-order valence-electron chi connectivity index (χ4n) is 2.35. The van der Waals surface area contributed by atoms with Crippen molar-refractivity contribution in [1.82, 2.24) is 10.1 Å². The van der Waals surface area contributed by atoms with Crippen LogP contribution < -0.4 is 5.73 Å². The summed E-state index contributed by atoms with van der Waals surface area (Å²) in [4.78, 5) is 4.52. The molecule has 3 rings (SSSR count). The molecule has 1 aromatic carbocycles. The van der Waals surface area contributed by atoms with Crippen molar-refractivity contribution in [1.29, 1.82) is 0 Å². The number of rotatable bonds is 2. The second kappa shape index (κ2) is 5.01. The number of anilines is 1. The van der Waals surface area contributed by atoms with E-state index in [1.54, 1.807) is 0 Å². The lowest BCUT2D eigenvalue weighted by Crippen LogP contribution is -2.15. The first-order valence-electron chi connectivity index (χ1n) is 6.52. The molecule has 0 aliphatic carbocycles. The Hall–Kier alpha value is -1.88. The van der Waals surface area contributed by atoms with Gasteiger partial charge in [0, 0.05) is 30.4 Å². The van der Waals surface area contributed by atoms with Gasteiger partial charge in [-0.3, -0.25) is 0 Å². The Morgan fingerprint density at radius 2 is 2.05 bits per heavy atom. The average Bonchev–Trinajstić information content (AvgIpc) is 2.92. The molecule has 19 heavy (non-hydrogen) atoms.